The molecule has 2 aromatic carbocycles. The molecule has 0 radical (unpaired) electrons. The molecule has 2 fully saturated rings. The number of nitrogens with zero attached hydrogens (tertiary/aromatic N) is 1. The summed E-state index contributed by atoms with van der Waals surface area (Å²) in [5, 5.41) is 16.1. The minimum absolute atomic E-state index is 0.0949. The topological polar surface area (TPSA) is 54.0 Å². The molecule has 0 aromatic heterocycles. The van der Waals surface area contributed by atoms with Gasteiger partial charge in [0, 0.05) is 44.3 Å². The third-order valence-electron chi connectivity index (χ3n) is 8.97. The summed E-state index contributed by atoms with van der Waals surface area (Å²) in [6.07, 6.45) is 12.6. The second-order valence-electron chi connectivity index (χ2n) is 11.7. The highest BCUT2D eigenvalue weighted by Crippen LogP contribution is 2.45. The van der Waals surface area contributed by atoms with Gasteiger partial charge in [0.05, 0.1) is 5.60 Å². The molecule has 1 aliphatic heterocycles. The van der Waals surface area contributed by atoms with E-state index in [2.05, 4.69) is 17.3 Å². The standard InChI is InChI=1S/C33H49FN2O3/c1-35-24-29(23-26-11-4-3-5-12-26)36-21-10-13-27(25-36)33(37,20-8-9-22-38-2)31-14-6-7-15-32(31)39-30-18-16-28(34)17-19-30/h6-7,14-19,26-27,29,35,37H,3-5,8-13,20-25H2,1-2H3/t27-,29?,33+/m1/s1. The average Bonchev–Trinajstić information content (AvgIpc) is 2.97. The molecular formula is C33H49FN2O3. The molecule has 1 unspecified atom stereocenters. The molecule has 2 aromatic rings. The van der Waals surface area contributed by atoms with Crippen molar-refractivity contribution < 1.29 is 19.0 Å². The van der Waals surface area contributed by atoms with Crippen LogP contribution in [0, 0.1) is 17.7 Å². The molecule has 6 heteroatoms. The van der Waals surface area contributed by atoms with Crippen LogP contribution in [-0.4, -0.2) is 56.4 Å². The molecular weight excluding hydrogens is 491 g/mol. The molecule has 1 heterocycles. The molecule has 3 atom stereocenters. The number of ether oxygens (including phenoxy) is 2. The van der Waals surface area contributed by atoms with Crippen LogP contribution in [0.2, 0.25) is 0 Å². The molecule has 4 rings (SSSR count). The maximum atomic E-state index is 13.5. The Hall–Kier alpha value is -1.99. The Kier molecular flexibility index (Phi) is 11.6. The fourth-order valence-corrected chi connectivity index (χ4v) is 6.88. The number of aliphatic hydroxyl groups is 1. The van der Waals surface area contributed by atoms with Crippen molar-refractivity contribution in [2.24, 2.45) is 11.8 Å². The number of methoxy groups -OCH3 is 1. The van der Waals surface area contributed by atoms with Gasteiger partial charge in [-0.25, -0.2) is 4.39 Å². The smallest absolute Gasteiger partial charge is 0.133 e. The number of unbranched alkanes of at least 4 members (excludes halogenated alkanes) is 1. The summed E-state index contributed by atoms with van der Waals surface area (Å²) in [6, 6.07) is 14.4. The predicted octanol–water partition coefficient (Wildman–Crippen LogP) is 6.89. The van der Waals surface area contributed by atoms with Crippen molar-refractivity contribution in [2.45, 2.75) is 82.3 Å². The Labute approximate surface area is 235 Å². The van der Waals surface area contributed by atoms with Crippen LogP contribution in [0.4, 0.5) is 4.39 Å². The first-order chi connectivity index (χ1) is 19.0. The molecule has 1 saturated heterocycles. The predicted molar refractivity (Wildman–Crippen MR) is 156 cm³/mol. The third kappa shape index (κ3) is 8.26. The summed E-state index contributed by atoms with van der Waals surface area (Å²) in [6.45, 7) is 3.64. The van der Waals surface area contributed by atoms with E-state index in [1.54, 1.807) is 19.2 Å². The number of hydrogen-bond acceptors (Lipinski definition) is 5. The van der Waals surface area contributed by atoms with E-state index in [1.807, 2.05) is 24.3 Å². The minimum atomic E-state index is -1.03. The maximum Gasteiger partial charge on any atom is 0.133 e. The van der Waals surface area contributed by atoms with Crippen molar-refractivity contribution in [3.8, 4) is 11.5 Å². The zero-order valence-electron chi connectivity index (χ0n) is 24.0. The zero-order valence-corrected chi connectivity index (χ0v) is 24.0. The zero-order chi connectivity index (χ0) is 27.5. The van der Waals surface area contributed by atoms with Crippen LogP contribution in [-0.2, 0) is 10.3 Å². The molecule has 2 aliphatic rings. The van der Waals surface area contributed by atoms with Gasteiger partial charge in [-0.1, -0.05) is 50.3 Å². The Morgan fingerprint density at radius 2 is 1.79 bits per heavy atom. The lowest BCUT2D eigenvalue weighted by Crippen LogP contribution is -2.52. The number of piperidine rings is 1. The van der Waals surface area contributed by atoms with Gasteiger partial charge < -0.3 is 19.9 Å². The van der Waals surface area contributed by atoms with Gasteiger partial charge in [0.25, 0.3) is 0 Å². The molecule has 1 saturated carbocycles. The number of hydrogen-bond donors (Lipinski definition) is 2. The van der Waals surface area contributed by atoms with Gasteiger partial charge in [0.2, 0.25) is 0 Å². The van der Waals surface area contributed by atoms with Crippen LogP contribution >= 0.6 is 0 Å². The molecule has 5 nitrogen and oxygen atoms in total. The first-order valence-electron chi connectivity index (χ1n) is 15.2. The van der Waals surface area contributed by atoms with Crippen LogP contribution in [0.5, 0.6) is 11.5 Å². The van der Waals surface area contributed by atoms with E-state index in [0.29, 0.717) is 30.6 Å². The summed E-state index contributed by atoms with van der Waals surface area (Å²) in [7, 11) is 3.79. The lowest BCUT2D eigenvalue weighted by Gasteiger charge is -2.46. The first-order valence-corrected chi connectivity index (χ1v) is 15.2. The van der Waals surface area contributed by atoms with E-state index in [-0.39, 0.29) is 11.7 Å². The van der Waals surface area contributed by atoms with E-state index >= 15 is 0 Å². The first kappa shape index (κ1) is 30.0. The van der Waals surface area contributed by atoms with Crippen LogP contribution in [0.3, 0.4) is 0 Å². The molecule has 0 bridgehead atoms. The number of likely N-dealkylation sites (tertiary alicyclic amines) is 1. The SMILES string of the molecule is CNCC(CC1CCCCC1)N1CCC[C@@H]([C@@](O)(CCCCOC)c2ccccc2Oc2ccc(F)cc2)C1. The van der Waals surface area contributed by atoms with Crippen molar-refractivity contribution in [3.05, 3.63) is 59.9 Å². The van der Waals surface area contributed by atoms with Crippen molar-refractivity contribution in [1.29, 1.82) is 0 Å². The number of likely N-dealkylation sites (N-methyl/N-ethyl adjacent to an activating group) is 1. The van der Waals surface area contributed by atoms with Crippen LogP contribution in [0.1, 0.15) is 76.2 Å². The Morgan fingerprint density at radius 3 is 2.54 bits per heavy atom. The van der Waals surface area contributed by atoms with Crippen molar-refractivity contribution >= 4 is 0 Å². The fourth-order valence-electron chi connectivity index (χ4n) is 6.88. The minimum Gasteiger partial charge on any atom is -0.457 e. The molecule has 216 valence electrons. The monoisotopic (exact) mass is 540 g/mol. The van der Waals surface area contributed by atoms with Gasteiger partial charge in [0.15, 0.2) is 0 Å². The summed E-state index contributed by atoms with van der Waals surface area (Å²) in [5.74, 6) is 1.83. The average molecular weight is 541 g/mol. The summed E-state index contributed by atoms with van der Waals surface area (Å²) in [5.41, 5.74) is -0.200. The van der Waals surface area contributed by atoms with E-state index in [0.717, 1.165) is 56.8 Å². The lowest BCUT2D eigenvalue weighted by molar-refractivity contribution is -0.0699. The molecule has 2 N–H and O–H groups in total. The van der Waals surface area contributed by atoms with Gasteiger partial charge in [-0.2, -0.15) is 0 Å². The normalized spacial score (nSPS) is 21.4. The lowest BCUT2D eigenvalue weighted by atomic mass is 9.73. The van der Waals surface area contributed by atoms with E-state index in [9.17, 15) is 9.50 Å². The molecule has 39 heavy (non-hydrogen) atoms. The largest absolute Gasteiger partial charge is 0.457 e. The molecule has 1 aliphatic carbocycles. The number of nitrogens with one attached hydrogen (secondary N) is 1. The number of rotatable bonds is 14. The summed E-state index contributed by atoms with van der Waals surface area (Å²) in [4.78, 5) is 2.66. The summed E-state index contributed by atoms with van der Waals surface area (Å²) < 4.78 is 25.1. The Morgan fingerprint density at radius 1 is 1.03 bits per heavy atom. The Bertz CT molecular complexity index is 981. The highest BCUT2D eigenvalue weighted by Gasteiger charge is 2.43. The van der Waals surface area contributed by atoms with Crippen molar-refractivity contribution in [2.75, 3.05) is 40.4 Å². The highest BCUT2D eigenvalue weighted by atomic mass is 19.1. The van der Waals surface area contributed by atoms with Gasteiger partial charge in [-0.05, 0) is 88.4 Å². The van der Waals surface area contributed by atoms with E-state index < -0.39 is 5.60 Å². The number of benzene rings is 2. The van der Waals surface area contributed by atoms with Crippen LogP contribution in [0.25, 0.3) is 0 Å². The van der Waals surface area contributed by atoms with Gasteiger partial charge in [-0.3, -0.25) is 4.90 Å². The Balaban J connectivity index is 1.58. The summed E-state index contributed by atoms with van der Waals surface area (Å²) >= 11 is 0. The van der Waals surface area contributed by atoms with E-state index in [4.69, 9.17) is 9.47 Å². The van der Waals surface area contributed by atoms with Crippen LogP contribution < -0.4 is 10.1 Å². The number of para-hydroxylation sites is 1. The third-order valence-corrected chi connectivity index (χ3v) is 8.97. The second-order valence-corrected chi connectivity index (χ2v) is 11.7. The quantitative estimate of drug-likeness (QED) is 0.256. The second kappa shape index (κ2) is 15.1. The number of halogens is 1. The molecule has 0 spiro atoms. The van der Waals surface area contributed by atoms with E-state index in [1.165, 1.54) is 50.7 Å². The van der Waals surface area contributed by atoms with Crippen molar-refractivity contribution in [1.82, 2.24) is 10.2 Å². The molecule has 0 amide bonds. The highest BCUT2D eigenvalue weighted by molar-refractivity contribution is 5.42. The fraction of sp³-hybridized carbons (Fsp3) is 0.636. The van der Waals surface area contributed by atoms with Gasteiger partial charge >= 0.3 is 0 Å². The van der Waals surface area contributed by atoms with Gasteiger partial charge in [0.1, 0.15) is 17.3 Å². The maximum absolute atomic E-state index is 13.5. The van der Waals surface area contributed by atoms with Crippen LogP contribution in [0.15, 0.2) is 48.5 Å². The van der Waals surface area contributed by atoms with Gasteiger partial charge in [-0.15, -0.1) is 0 Å². The van der Waals surface area contributed by atoms with Crippen molar-refractivity contribution in [3.63, 3.8) is 0 Å².